The van der Waals surface area contributed by atoms with Gasteiger partial charge in [-0.2, -0.15) is 0 Å². The average Bonchev–Trinajstić information content (AvgIpc) is 2.84. The van der Waals surface area contributed by atoms with Crippen LogP contribution < -0.4 is 15.8 Å². The zero-order chi connectivity index (χ0) is 16.7. The number of hydrogen-bond acceptors (Lipinski definition) is 5. The second-order valence-electron chi connectivity index (χ2n) is 6.99. The second-order valence-corrected chi connectivity index (χ2v) is 6.99. The predicted octanol–water partition coefficient (Wildman–Crippen LogP) is 0.806. The summed E-state index contributed by atoms with van der Waals surface area (Å²) in [7, 11) is 1.79. The number of nitrogens with one attached hydrogen (secondary N) is 1. The van der Waals surface area contributed by atoms with Crippen molar-refractivity contribution < 1.29 is 0 Å². The number of aryl methyl sites for hydroxylation is 1. The minimum atomic E-state index is 0.00816. The highest BCUT2D eigenvalue weighted by Gasteiger charge is 2.33. The SMILES string of the molecule is CC1CN(c2cc(=O)n(C)c3ncccc23)CC2CCNCCN12. The van der Waals surface area contributed by atoms with E-state index >= 15 is 0 Å². The van der Waals surface area contributed by atoms with E-state index in [1.165, 1.54) is 0 Å². The lowest BCUT2D eigenvalue weighted by atomic mass is 10.0. The fraction of sp³-hybridized carbons (Fsp3) is 0.556. The molecule has 0 aliphatic carbocycles. The van der Waals surface area contributed by atoms with Gasteiger partial charge in [0.2, 0.25) is 0 Å². The summed E-state index contributed by atoms with van der Waals surface area (Å²) in [5.41, 5.74) is 1.80. The molecular formula is C18H25N5O. The molecular weight excluding hydrogens is 302 g/mol. The van der Waals surface area contributed by atoms with Crippen molar-refractivity contribution in [2.24, 2.45) is 7.05 Å². The molecule has 0 saturated carbocycles. The van der Waals surface area contributed by atoms with Gasteiger partial charge in [-0.05, 0) is 32.0 Å². The van der Waals surface area contributed by atoms with Crippen LogP contribution >= 0.6 is 0 Å². The van der Waals surface area contributed by atoms with E-state index < -0.39 is 0 Å². The van der Waals surface area contributed by atoms with Crippen molar-refractivity contribution in [3.63, 3.8) is 0 Å². The van der Waals surface area contributed by atoms with Crippen molar-refractivity contribution in [1.29, 1.82) is 0 Å². The summed E-state index contributed by atoms with van der Waals surface area (Å²) in [6.45, 7) is 7.47. The molecule has 2 fully saturated rings. The van der Waals surface area contributed by atoms with Crippen LogP contribution in [0.1, 0.15) is 13.3 Å². The predicted molar refractivity (Wildman–Crippen MR) is 96.6 cm³/mol. The van der Waals surface area contributed by atoms with Crippen molar-refractivity contribution in [2.45, 2.75) is 25.4 Å². The molecule has 2 saturated heterocycles. The number of fused-ring (bicyclic) bond motifs is 2. The molecule has 0 spiro atoms. The number of nitrogens with zero attached hydrogens (tertiary/aromatic N) is 4. The molecule has 6 heteroatoms. The Labute approximate surface area is 142 Å². The standard InChI is InChI=1S/C18H25N5O/c1-13-11-22(12-14-5-7-19-8-9-23(13)14)16-10-17(24)21(2)18-15(16)4-3-6-20-18/h3-4,6,10,13-14,19H,5,7-9,11-12H2,1-2H3. The monoisotopic (exact) mass is 327 g/mol. The van der Waals surface area contributed by atoms with Crippen LogP contribution in [0.4, 0.5) is 5.69 Å². The molecule has 2 atom stereocenters. The third kappa shape index (κ3) is 2.59. The molecule has 0 aromatic carbocycles. The quantitative estimate of drug-likeness (QED) is 0.840. The highest BCUT2D eigenvalue weighted by atomic mass is 16.1. The maximum Gasteiger partial charge on any atom is 0.253 e. The third-order valence-electron chi connectivity index (χ3n) is 5.46. The molecule has 2 aromatic rings. The van der Waals surface area contributed by atoms with Crippen LogP contribution in [0, 0.1) is 0 Å². The molecule has 2 aliphatic heterocycles. The van der Waals surface area contributed by atoms with E-state index in [0.29, 0.717) is 12.1 Å². The largest absolute Gasteiger partial charge is 0.368 e. The first-order chi connectivity index (χ1) is 11.6. The van der Waals surface area contributed by atoms with Crippen LogP contribution in [0.5, 0.6) is 0 Å². The van der Waals surface area contributed by atoms with Crippen LogP contribution in [0.3, 0.4) is 0 Å². The first-order valence-electron chi connectivity index (χ1n) is 8.81. The van der Waals surface area contributed by atoms with E-state index in [9.17, 15) is 4.79 Å². The summed E-state index contributed by atoms with van der Waals surface area (Å²) in [6.07, 6.45) is 2.91. The van der Waals surface area contributed by atoms with Crippen molar-refractivity contribution in [1.82, 2.24) is 19.8 Å². The van der Waals surface area contributed by atoms with Gasteiger partial charge >= 0.3 is 0 Å². The second kappa shape index (κ2) is 6.18. The van der Waals surface area contributed by atoms with Gasteiger partial charge in [-0.15, -0.1) is 0 Å². The molecule has 0 bridgehead atoms. The molecule has 0 amide bonds. The number of aromatic nitrogens is 2. The lowest BCUT2D eigenvalue weighted by molar-refractivity contribution is 0.129. The Kier molecular flexibility index (Phi) is 4.02. The van der Waals surface area contributed by atoms with E-state index in [-0.39, 0.29) is 5.56 Å². The molecule has 4 rings (SSSR count). The summed E-state index contributed by atoms with van der Waals surface area (Å²) >= 11 is 0. The summed E-state index contributed by atoms with van der Waals surface area (Å²) < 4.78 is 1.63. The van der Waals surface area contributed by atoms with Gasteiger partial charge in [-0.1, -0.05) is 0 Å². The van der Waals surface area contributed by atoms with Crippen molar-refractivity contribution in [3.8, 4) is 0 Å². The number of anilines is 1. The lowest BCUT2D eigenvalue weighted by Crippen LogP contribution is -2.58. The Bertz CT molecular complexity index is 802. The van der Waals surface area contributed by atoms with E-state index in [1.807, 2.05) is 6.07 Å². The van der Waals surface area contributed by atoms with E-state index in [1.54, 1.807) is 23.9 Å². The van der Waals surface area contributed by atoms with Crippen molar-refractivity contribution in [2.75, 3.05) is 37.6 Å². The topological polar surface area (TPSA) is 53.4 Å². The Morgan fingerprint density at radius 3 is 3.04 bits per heavy atom. The molecule has 128 valence electrons. The van der Waals surface area contributed by atoms with Crippen LogP contribution in [0.15, 0.2) is 29.2 Å². The molecule has 2 aromatic heterocycles. The van der Waals surface area contributed by atoms with E-state index in [0.717, 1.165) is 55.9 Å². The molecule has 0 radical (unpaired) electrons. The Morgan fingerprint density at radius 2 is 2.17 bits per heavy atom. The van der Waals surface area contributed by atoms with Gasteiger partial charge in [-0.25, -0.2) is 4.98 Å². The first-order valence-corrected chi connectivity index (χ1v) is 8.81. The maximum atomic E-state index is 12.4. The zero-order valence-electron chi connectivity index (χ0n) is 14.4. The van der Waals surface area contributed by atoms with E-state index in [4.69, 9.17) is 0 Å². The van der Waals surface area contributed by atoms with Gasteiger partial charge in [0, 0.05) is 63.0 Å². The van der Waals surface area contributed by atoms with Crippen molar-refractivity contribution in [3.05, 3.63) is 34.7 Å². The minimum absolute atomic E-state index is 0.00816. The summed E-state index contributed by atoms with van der Waals surface area (Å²) in [4.78, 5) is 21.8. The molecule has 6 nitrogen and oxygen atoms in total. The zero-order valence-corrected chi connectivity index (χ0v) is 14.4. The van der Waals surface area contributed by atoms with Gasteiger partial charge in [0.25, 0.3) is 5.56 Å². The molecule has 2 aliphatic rings. The number of hydrogen-bond donors (Lipinski definition) is 1. The first kappa shape index (κ1) is 15.6. The molecule has 2 unspecified atom stereocenters. The third-order valence-corrected chi connectivity index (χ3v) is 5.46. The van der Waals surface area contributed by atoms with Gasteiger partial charge in [0.05, 0.1) is 5.69 Å². The summed E-state index contributed by atoms with van der Waals surface area (Å²) in [5.74, 6) is 0. The van der Waals surface area contributed by atoms with Crippen LogP contribution in [-0.4, -0.2) is 59.3 Å². The van der Waals surface area contributed by atoms with E-state index in [2.05, 4.69) is 33.1 Å². The van der Waals surface area contributed by atoms with Crippen LogP contribution in [-0.2, 0) is 7.05 Å². The Balaban J connectivity index is 1.75. The highest BCUT2D eigenvalue weighted by molar-refractivity contribution is 5.89. The normalized spacial score (nSPS) is 25.5. The van der Waals surface area contributed by atoms with Gasteiger partial charge in [0.15, 0.2) is 0 Å². The minimum Gasteiger partial charge on any atom is -0.368 e. The van der Waals surface area contributed by atoms with Crippen LogP contribution in [0.25, 0.3) is 11.0 Å². The number of piperazine rings is 1. The maximum absolute atomic E-state index is 12.4. The fourth-order valence-electron chi connectivity index (χ4n) is 4.20. The van der Waals surface area contributed by atoms with Gasteiger partial charge in [0.1, 0.15) is 5.65 Å². The van der Waals surface area contributed by atoms with Crippen molar-refractivity contribution >= 4 is 16.7 Å². The van der Waals surface area contributed by atoms with Gasteiger partial charge in [-0.3, -0.25) is 14.3 Å². The smallest absolute Gasteiger partial charge is 0.253 e. The summed E-state index contributed by atoms with van der Waals surface area (Å²) in [6, 6.07) is 6.83. The molecule has 24 heavy (non-hydrogen) atoms. The Morgan fingerprint density at radius 1 is 1.29 bits per heavy atom. The van der Waals surface area contributed by atoms with Gasteiger partial charge < -0.3 is 10.2 Å². The average molecular weight is 327 g/mol. The fourth-order valence-corrected chi connectivity index (χ4v) is 4.20. The lowest BCUT2D eigenvalue weighted by Gasteiger charge is -2.46. The Hall–Kier alpha value is -1.92. The molecule has 1 N–H and O–H groups in total. The summed E-state index contributed by atoms with van der Waals surface area (Å²) in [5, 5.41) is 4.56. The number of pyridine rings is 2. The van der Waals surface area contributed by atoms with Crippen LogP contribution in [0.2, 0.25) is 0 Å². The highest BCUT2D eigenvalue weighted by Crippen LogP contribution is 2.28. The molecule has 4 heterocycles. The number of rotatable bonds is 1.